The Hall–Kier alpha value is -1.55. The van der Waals surface area contributed by atoms with Crippen LogP contribution in [0.25, 0.3) is 0 Å². The number of rotatable bonds is 10. The Bertz CT molecular complexity index is 389. The zero-order valence-electron chi connectivity index (χ0n) is 12.4. The van der Waals surface area contributed by atoms with E-state index in [9.17, 15) is 4.79 Å². The van der Waals surface area contributed by atoms with Crippen molar-refractivity contribution in [1.82, 2.24) is 5.32 Å². The zero-order chi connectivity index (χ0) is 14.8. The molecule has 1 unspecified atom stereocenters. The summed E-state index contributed by atoms with van der Waals surface area (Å²) in [7, 11) is 0. The lowest BCUT2D eigenvalue weighted by Gasteiger charge is -2.13. The van der Waals surface area contributed by atoms with Gasteiger partial charge in [0, 0.05) is 6.42 Å². The van der Waals surface area contributed by atoms with Crippen LogP contribution in [0, 0.1) is 0 Å². The third-order valence-electron chi connectivity index (χ3n) is 3.17. The average Bonchev–Trinajstić information content (AvgIpc) is 2.45. The largest absolute Gasteiger partial charge is 0.494 e. The molecule has 0 amide bonds. The van der Waals surface area contributed by atoms with Crippen LogP contribution in [0.4, 0.5) is 0 Å². The van der Waals surface area contributed by atoms with Crippen LogP contribution in [0.3, 0.4) is 0 Å². The number of carbonyl (C=O) groups is 1. The normalized spacial score (nSPS) is 12.1. The van der Waals surface area contributed by atoms with Crippen molar-refractivity contribution in [3.63, 3.8) is 0 Å². The molecule has 0 aliphatic heterocycles. The topological polar surface area (TPSA) is 58.6 Å². The van der Waals surface area contributed by atoms with Crippen molar-refractivity contribution in [3.05, 3.63) is 29.8 Å². The van der Waals surface area contributed by atoms with E-state index >= 15 is 0 Å². The SMILES string of the molecule is CCCCc1ccc(OCCC(NCC)C(=O)O)cc1. The van der Waals surface area contributed by atoms with E-state index in [1.54, 1.807) is 0 Å². The Morgan fingerprint density at radius 1 is 1.30 bits per heavy atom. The lowest BCUT2D eigenvalue weighted by atomic mass is 10.1. The number of unbranched alkanes of at least 4 members (excludes halogenated alkanes) is 1. The number of carboxylic acids is 1. The molecule has 0 radical (unpaired) electrons. The number of nitrogens with one attached hydrogen (secondary N) is 1. The molecular formula is C16H25NO3. The number of hydrogen-bond acceptors (Lipinski definition) is 3. The van der Waals surface area contributed by atoms with Crippen LogP contribution in [0.15, 0.2) is 24.3 Å². The maximum Gasteiger partial charge on any atom is 0.320 e. The monoisotopic (exact) mass is 279 g/mol. The van der Waals surface area contributed by atoms with Gasteiger partial charge in [0.15, 0.2) is 0 Å². The molecule has 0 heterocycles. The van der Waals surface area contributed by atoms with Gasteiger partial charge in [-0.15, -0.1) is 0 Å². The standard InChI is InChI=1S/C16H25NO3/c1-3-5-6-13-7-9-14(10-8-13)20-12-11-15(16(18)19)17-4-2/h7-10,15,17H,3-6,11-12H2,1-2H3,(H,18,19). The molecule has 4 heteroatoms. The van der Waals surface area contributed by atoms with E-state index in [2.05, 4.69) is 24.4 Å². The van der Waals surface area contributed by atoms with Gasteiger partial charge in [0.25, 0.3) is 0 Å². The number of carboxylic acid groups (broad SMARTS) is 1. The molecule has 0 saturated heterocycles. The number of aliphatic carboxylic acids is 1. The minimum Gasteiger partial charge on any atom is -0.494 e. The minimum absolute atomic E-state index is 0.401. The second-order valence-electron chi connectivity index (χ2n) is 4.83. The van der Waals surface area contributed by atoms with E-state index in [1.807, 2.05) is 19.1 Å². The van der Waals surface area contributed by atoms with E-state index in [-0.39, 0.29) is 0 Å². The second kappa shape index (κ2) is 9.37. The molecule has 1 rings (SSSR count). The van der Waals surface area contributed by atoms with Gasteiger partial charge in [-0.25, -0.2) is 0 Å². The summed E-state index contributed by atoms with van der Waals surface area (Å²) in [4.78, 5) is 11.0. The van der Waals surface area contributed by atoms with Crippen molar-refractivity contribution in [2.45, 2.75) is 45.6 Å². The highest BCUT2D eigenvalue weighted by Crippen LogP contribution is 2.14. The molecule has 0 spiro atoms. The van der Waals surface area contributed by atoms with Gasteiger partial charge in [-0.1, -0.05) is 32.4 Å². The van der Waals surface area contributed by atoms with Gasteiger partial charge in [0.2, 0.25) is 0 Å². The van der Waals surface area contributed by atoms with Crippen molar-refractivity contribution in [2.75, 3.05) is 13.2 Å². The first kappa shape index (κ1) is 16.5. The summed E-state index contributed by atoms with van der Waals surface area (Å²) in [6.07, 6.45) is 3.95. The van der Waals surface area contributed by atoms with Gasteiger partial charge in [0.1, 0.15) is 11.8 Å². The predicted molar refractivity (Wildman–Crippen MR) is 80.3 cm³/mol. The maximum atomic E-state index is 11.0. The molecule has 0 bridgehead atoms. The zero-order valence-corrected chi connectivity index (χ0v) is 12.4. The van der Waals surface area contributed by atoms with E-state index in [1.165, 1.54) is 18.4 Å². The van der Waals surface area contributed by atoms with Crippen LogP contribution in [0.1, 0.15) is 38.7 Å². The van der Waals surface area contributed by atoms with Crippen LogP contribution in [-0.4, -0.2) is 30.3 Å². The van der Waals surface area contributed by atoms with Crippen molar-refractivity contribution >= 4 is 5.97 Å². The van der Waals surface area contributed by atoms with Gasteiger partial charge in [-0.3, -0.25) is 4.79 Å². The van der Waals surface area contributed by atoms with Crippen LogP contribution < -0.4 is 10.1 Å². The lowest BCUT2D eigenvalue weighted by molar-refractivity contribution is -0.139. The Morgan fingerprint density at radius 3 is 2.55 bits per heavy atom. The smallest absolute Gasteiger partial charge is 0.320 e. The summed E-state index contributed by atoms with van der Waals surface area (Å²) in [6, 6.07) is 7.51. The van der Waals surface area contributed by atoms with Crippen LogP contribution >= 0.6 is 0 Å². The Morgan fingerprint density at radius 2 is 2.00 bits per heavy atom. The van der Waals surface area contributed by atoms with E-state index in [0.717, 1.165) is 12.2 Å². The molecule has 20 heavy (non-hydrogen) atoms. The molecule has 112 valence electrons. The Balaban J connectivity index is 2.35. The third kappa shape index (κ3) is 6.06. The number of ether oxygens (including phenoxy) is 1. The van der Waals surface area contributed by atoms with Crippen LogP contribution in [0.2, 0.25) is 0 Å². The van der Waals surface area contributed by atoms with Gasteiger partial charge in [0.05, 0.1) is 6.61 Å². The molecule has 1 aromatic rings. The highest BCUT2D eigenvalue weighted by atomic mass is 16.5. The molecule has 1 aromatic carbocycles. The summed E-state index contributed by atoms with van der Waals surface area (Å²) < 4.78 is 5.59. The molecule has 1 atom stereocenters. The van der Waals surface area contributed by atoms with E-state index < -0.39 is 12.0 Å². The van der Waals surface area contributed by atoms with Gasteiger partial charge < -0.3 is 15.2 Å². The fraction of sp³-hybridized carbons (Fsp3) is 0.562. The second-order valence-corrected chi connectivity index (χ2v) is 4.83. The van der Waals surface area contributed by atoms with Crippen LogP contribution in [-0.2, 0) is 11.2 Å². The first-order valence-corrected chi connectivity index (χ1v) is 7.35. The number of hydrogen-bond donors (Lipinski definition) is 2. The predicted octanol–water partition coefficient (Wildman–Crippen LogP) is 2.86. The number of likely N-dealkylation sites (N-methyl/N-ethyl adjacent to an activating group) is 1. The highest BCUT2D eigenvalue weighted by molar-refractivity contribution is 5.73. The Kier molecular flexibility index (Phi) is 7.73. The minimum atomic E-state index is -0.828. The fourth-order valence-corrected chi connectivity index (χ4v) is 1.99. The molecule has 0 fully saturated rings. The molecule has 0 saturated carbocycles. The highest BCUT2D eigenvalue weighted by Gasteiger charge is 2.15. The number of benzene rings is 1. The van der Waals surface area contributed by atoms with Crippen LogP contribution in [0.5, 0.6) is 5.75 Å². The fourth-order valence-electron chi connectivity index (χ4n) is 1.99. The van der Waals surface area contributed by atoms with Gasteiger partial charge in [-0.2, -0.15) is 0 Å². The first-order chi connectivity index (χ1) is 9.67. The molecule has 4 nitrogen and oxygen atoms in total. The molecule has 0 aliphatic carbocycles. The van der Waals surface area contributed by atoms with Crippen molar-refractivity contribution in [3.8, 4) is 5.75 Å². The maximum absolute atomic E-state index is 11.0. The third-order valence-corrected chi connectivity index (χ3v) is 3.17. The van der Waals surface area contributed by atoms with Crippen molar-refractivity contribution < 1.29 is 14.6 Å². The summed E-state index contributed by atoms with van der Waals surface area (Å²) in [5, 5.41) is 11.9. The van der Waals surface area contributed by atoms with Crippen molar-refractivity contribution in [2.24, 2.45) is 0 Å². The molecule has 0 aromatic heterocycles. The first-order valence-electron chi connectivity index (χ1n) is 7.35. The summed E-state index contributed by atoms with van der Waals surface area (Å²) in [5.74, 6) is -0.0313. The van der Waals surface area contributed by atoms with Crippen molar-refractivity contribution in [1.29, 1.82) is 0 Å². The summed E-state index contributed by atoms with van der Waals surface area (Å²) >= 11 is 0. The summed E-state index contributed by atoms with van der Waals surface area (Å²) in [6.45, 7) is 5.12. The molecule has 0 aliphatic rings. The summed E-state index contributed by atoms with van der Waals surface area (Å²) in [5.41, 5.74) is 1.32. The van der Waals surface area contributed by atoms with Gasteiger partial charge >= 0.3 is 5.97 Å². The quantitative estimate of drug-likeness (QED) is 0.691. The average molecular weight is 279 g/mol. The lowest BCUT2D eigenvalue weighted by Crippen LogP contribution is -2.37. The van der Waals surface area contributed by atoms with E-state index in [0.29, 0.717) is 19.6 Å². The molecule has 2 N–H and O–H groups in total. The van der Waals surface area contributed by atoms with E-state index in [4.69, 9.17) is 9.84 Å². The molecular weight excluding hydrogens is 254 g/mol. The number of aryl methyl sites for hydroxylation is 1. The Labute approximate surface area is 121 Å². The van der Waals surface area contributed by atoms with Gasteiger partial charge in [-0.05, 0) is 37.1 Å².